The van der Waals surface area contributed by atoms with Crippen LogP contribution in [0.4, 0.5) is 0 Å². The first-order valence-corrected chi connectivity index (χ1v) is 7.80. The molecule has 0 unspecified atom stereocenters. The van der Waals surface area contributed by atoms with Gasteiger partial charge in [-0.05, 0) is 39.8 Å². The van der Waals surface area contributed by atoms with Gasteiger partial charge in [-0.15, -0.1) is 0 Å². The van der Waals surface area contributed by atoms with Crippen molar-refractivity contribution in [1.82, 2.24) is 4.90 Å². The minimum Gasteiger partial charge on any atom is -0.492 e. The van der Waals surface area contributed by atoms with E-state index in [0.29, 0.717) is 18.8 Å². The molecule has 0 amide bonds. The molecule has 2 rings (SSSR count). The molecule has 0 spiro atoms. The minimum absolute atomic E-state index is 0.177. The largest absolute Gasteiger partial charge is 0.492 e. The molecule has 1 aromatic carbocycles. The van der Waals surface area contributed by atoms with Crippen LogP contribution >= 0.6 is 0 Å². The quantitative estimate of drug-likeness (QED) is 0.807. The molecule has 1 saturated heterocycles. The van der Waals surface area contributed by atoms with Crippen molar-refractivity contribution in [2.45, 2.75) is 46.0 Å². The summed E-state index contributed by atoms with van der Waals surface area (Å²) in [6.45, 7) is 11.8. The Bertz CT molecular complexity index is 426. The van der Waals surface area contributed by atoms with Crippen molar-refractivity contribution in [3.05, 3.63) is 24.3 Å². The molecule has 0 N–H and O–H groups in total. The second-order valence-corrected chi connectivity index (χ2v) is 6.01. The fourth-order valence-electron chi connectivity index (χ4n) is 2.67. The molecule has 1 aliphatic heterocycles. The molecule has 4 heteroatoms. The van der Waals surface area contributed by atoms with Crippen LogP contribution < -0.4 is 9.47 Å². The van der Waals surface area contributed by atoms with Gasteiger partial charge in [-0.1, -0.05) is 6.07 Å². The van der Waals surface area contributed by atoms with Crippen molar-refractivity contribution >= 4 is 0 Å². The van der Waals surface area contributed by atoms with Crippen molar-refractivity contribution < 1.29 is 14.2 Å². The number of nitrogens with zero attached hydrogens (tertiary/aromatic N) is 1. The van der Waals surface area contributed by atoms with Gasteiger partial charge in [0.25, 0.3) is 0 Å². The maximum Gasteiger partial charge on any atom is 0.123 e. The van der Waals surface area contributed by atoms with Gasteiger partial charge in [-0.2, -0.15) is 0 Å². The summed E-state index contributed by atoms with van der Waals surface area (Å²) in [5.41, 5.74) is 0. The Morgan fingerprint density at radius 2 is 1.86 bits per heavy atom. The third-order valence-corrected chi connectivity index (χ3v) is 3.35. The summed E-state index contributed by atoms with van der Waals surface area (Å²) < 4.78 is 17.2. The normalized spacial score (nSPS) is 23.3. The summed E-state index contributed by atoms with van der Waals surface area (Å²) in [5, 5.41) is 0. The van der Waals surface area contributed by atoms with Crippen LogP contribution in [0.15, 0.2) is 24.3 Å². The van der Waals surface area contributed by atoms with Crippen molar-refractivity contribution in [3.8, 4) is 11.5 Å². The fourth-order valence-corrected chi connectivity index (χ4v) is 2.67. The second kappa shape index (κ2) is 7.66. The highest BCUT2D eigenvalue weighted by molar-refractivity contribution is 5.33. The fraction of sp³-hybridized carbons (Fsp3) is 0.647. The first kappa shape index (κ1) is 16.1. The molecule has 1 heterocycles. The Morgan fingerprint density at radius 1 is 1.19 bits per heavy atom. The number of hydrogen-bond acceptors (Lipinski definition) is 4. The molecule has 1 aromatic rings. The van der Waals surface area contributed by atoms with Gasteiger partial charge in [0.2, 0.25) is 0 Å². The maximum atomic E-state index is 5.84. The van der Waals surface area contributed by atoms with Crippen molar-refractivity contribution in [1.29, 1.82) is 0 Å². The molecular formula is C17H27NO3. The van der Waals surface area contributed by atoms with Crippen molar-refractivity contribution in [3.63, 3.8) is 0 Å². The van der Waals surface area contributed by atoms with E-state index in [1.54, 1.807) is 0 Å². The van der Waals surface area contributed by atoms with E-state index in [1.807, 2.05) is 38.1 Å². The molecule has 4 nitrogen and oxygen atoms in total. The molecule has 0 bridgehead atoms. The topological polar surface area (TPSA) is 30.9 Å². The van der Waals surface area contributed by atoms with Crippen LogP contribution in [0.5, 0.6) is 11.5 Å². The van der Waals surface area contributed by atoms with Crippen LogP contribution in [-0.2, 0) is 4.74 Å². The summed E-state index contributed by atoms with van der Waals surface area (Å²) in [7, 11) is 0. The zero-order valence-corrected chi connectivity index (χ0v) is 13.5. The van der Waals surface area contributed by atoms with E-state index in [0.717, 1.165) is 31.1 Å². The van der Waals surface area contributed by atoms with Gasteiger partial charge in [0, 0.05) is 25.7 Å². The van der Waals surface area contributed by atoms with E-state index in [-0.39, 0.29) is 6.10 Å². The third kappa shape index (κ3) is 5.56. The van der Waals surface area contributed by atoms with E-state index < -0.39 is 0 Å². The van der Waals surface area contributed by atoms with Gasteiger partial charge in [0.05, 0.1) is 18.3 Å². The molecule has 21 heavy (non-hydrogen) atoms. The van der Waals surface area contributed by atoms with Crippen molar-refractivity contribution in [2.75, 3.05) is 26.2 Å². The van der Waals surface area contributed by atoms with Crippen molar-refractivity contribution in [2.24, 2.45) is 0 Å². The lowest BCUT2D eigenvalue weighted by Gasteiger charge is -2.35. The van der Waals surface area contributed by atoms with Crippen LogP contribution in [0.3, 0.4) is 0 Å². The summed E-state index contributed by atoms with van der Waals surface area (Å²) in [4.78, 5) is 2.40. The van der Waals surface area contributed by atoms with Gasteiger partial charge in [0.15, 0.2) is 0 Å². The predicted octanol–water partition coefficient (Wildman–Crippen LogP) is 2.96. The molecule has 0 saturated carbocycles. The maximum absolute atomic E-state index is 5.84. The van der Waals surface area contributed by atoms with E-state index >= 15 is 0 Å². The van der Waals surface area contributed by atoms with Crippen LogP contribution in [0.2, 0.25) is 0 Å². The van der Waals surface area contributed by atoms with Gasteiger partial charge in [-0.25, -0.2) is 0 Å². The smallest absolute Gasteiger partial charge is 0.123 e. The van der Waals surface area contributed by atoms with Gasteiger partial charge in [0.1, 0.15) is 18.1 Å². The zero-order valence-electron chi connectivity index (χ0n) is 13.5. The number of morpholine rings is 1. The number of benzene rings is 1. The Balaban J connectivity index is 1.78. The highest BCUT2D eigenvalue weighted by Crippen LogP contribution is 2.20. The lowest BCUT2D eigenvalue weighted by Crippen LogP contribution is -2.46. The molecule has 0 aliphatic carbocycles. The van der Waals surface area contributed by atoms with Crippen LogP contribution in [-0.4, -0.2) is 49.5 Å². The average molecular weight is 293 g/mol. The molecule has 2 atom stereocenters. The molecule has 0 radical (unpaired) electrons. The van der Waals surface area contributed by atoms with Crippen LogP contribution in [0, 0.1) is 0 Å². The Morgan fingerprint density at radius 3 is 2.52 bits per heavy atom. The summed E-state index contributed by atoms with van der Waals surface area (Å²) >= 11 is 0. The number of hydrogen-bond donors (Lipinski definition) is 0. The van der Waals surface area contributed by atoms with E-state index in [4.69, 9.17) is 14.2 Å². The zero-order chi connectivity index (χ0) is 15.2. The van der Waals surface area contributed by atoms with Gasteiger partial charge < -0.3 is 14.2 Å². The van der Waals surface area contributed by atoms with E-state index in [9.17, 15) is 0 Å². The Kier molecular flexibility index (Phi) is 5.88. The number of rotatable bonds is 6. The molecule has 1 aliphatic rings. The lowest BCUT2D eigenvalue weighted by molar-refractivity contribution is -0.0699. The summed E-state index contributed by atoms with van der Waals surface area (Å²) in [6.07, 6.45) is 0.782. The first-order valence-electron chi connectivity index (χ1n) is 7.80. The minimum atomic E-state index is 0.177. The Labute approximate surface area is 128 Å². The predicted molar refractivity (Wildman–Crippen MR) is 84.2 cm³/mol. The monoisotopic (exact) mass is 293 g/mol. The molecular weight excluding hydrogens is 266 g/mol. The molecule has 1 fully saturated rings. The standard InChI is InChI=1S/C17H27NO3/c1-13(2)20-17-7-5-6-16(10-17)19-9-8-18-11-14(3)21-15(4)12-18/h5-7,10,13-15H,8-9,11-12H2,1-4H3/t14-,15+. The number of ether oxygens (including phenoxy) is 3. The Hall–Kier alpha value is -1.26. The van der Waals surface area contributed by atoms with E-state index in [2.05, 4.69) is 18.7 Å². The molecule has 118 valence electrons. The SMILES string of the molecule is CC(C)Oc1cccc(OCCN2C[C@@H](C)O[C@@H](C)C2)c1. The average Bonchev–Trinajstić information content (AvgIpc) is 2.37. The summed E-state index contributed by atoms with van der Waals surface area (Å²) in [6, 6.07) is 7.84. The van der Waals surface area contributed by atoms with E-state index in [1.165, 1.54) is 0 Å². The second-order valence-electron chi connectivity index (χ2n) is 6.01. The third-order valence-electron chi connectivity index (χ3n) is 3.35. The highest BCUT2D eigenvalue weighted by Gasteiger charge is 2.21. The lowest BCUT2D eigenvalue weighted by atomic mass is 10.2. The van der Waals surface area contributed by atoms with Crippen LogP contribution in [0.25, 0.3) is 0 Å². The summed E-state index contributed by atoms with van der Waals surface area (Å²) in [5.74, 6) is 1.72. The first-order chi connectivity index (χ1) is 10.0. The van der Waals surface area contributed by atoms with Gasteiger partial charge in [-0.3, -0.25) is 4.90 Å². The highest BCUT2D eigenvalue weighted by atomic mass is 16.5. The van der Waals surface area contributed by atoms with Gasteiger partial charge >= 0.3 is 0 Å². The molecule has 0 aromatic heterocycles. The van der Waals surface area contributed by atoms with Crippen LogP contribution in [0.1, 0.15) is 27.7 Å².